The lowest BCUT2D eigenvalue weighted by Crippen LogP contribution is -2.46. The normalized spacial score (nSPS) is 16.1. The summed E-state index contributed by atoms with van der Waals surface area (Å²) < 4.78 is 5.56. The number of nitrogens with one attached hydrogen (secondary N) is 2. The van der Waals surface area contributed by atoms with Crippen LogP contribution in [0, 0.1) is 0 Å². The lowest BCUT2D eigenvalue weighted by atomic mass is 10.1. The van der Waals surface area contributed by atoms with Crippen molar-refractivity contribution in [1.29, 1.82) is 0 Å². The predicted octanol–water partition coefficient (Wildman–Crippen LogP) is 3.94. The summed E-state index contributed by atoms with van der Waals surface area (Å²) >= 11 is 1.82. The molecular weight excluding hydrogens is 533 g/mol. The van der Waals surface area contributed by atoms with Crippen molar-refractivity contribution < 1.29 is 4.74 Å². The fourth-order valence-corrected chi connectivity index (χ4v) is 4.57. The second kappa shape index (κ2) is 14.1. The quantitative estimate of drug-likeness (QED) is 0.272. The van der Waals surface area contributed by atoms with Gasteiger partial charge in [-0.15, -0.1) is 35.3 Å². The third-order valence-electron chi connectivity index (χ3n) is 5.91. The van der Waals surface area contributed by atoms with Crippen LogP contribution in [-0.2, 0) is 17.8 Å². The lowest BCUT2D eigenvalue weighted by molar-refractivity contribution is 0.0177. The average Bonchev–Trinajstić information content (AvgIpc) is 3.32. The first-order chi connectivity index (χ1) is 15.1. The molecule has 0 saturated carbocycles. The van der Waals surface area contributed by atoms with E-state index in [1.807, 2.05) is 18.4 Å². The highest BCUT2D eigenvalue weighted by Crippen LogP contribution is 2.25. The topological polar surface area (TPSA) is 52.1 Å². The van der Waals surface area contributed by atoms with E-state index in [9.17, 15) is 0 Å². The van der Waals surface area contributed by atoms with Crippen LogP contribution in [-0.4, -0.2) is 68.7 Å². The van der Waals surface area contributed by atoms with E-state index < -0.39 is 0 Å². The molecule has 2 aromatic rings. The Morgan fingerprint density at radius 2 is 1.84 bits per heavy atom. The van der Waals surface area contributed by atoms with Crippen molar-refractivity contribution in [1.82, 2.24) is 20.4 Å². The summed E-state index contributed by atoms with van der Waals surface area (Å²) in [5.41, 5.74) is 2.66. The Morgan fingerprint density at radius 3 is 2.47 bits per heavy atom. The van der Waals surface area contributed by atoms with Crippen molar-refractivity contribution in [3.05, 3.63) is 57.8 Å². The van der Waals surface area contributed by atoms with Gasteiger partial charge in [-0.3, -0.25) is 14.8 Å². The Morgan fingerprint density at radius 1 is 1.12 bits per heavy atom. The second-order valence-corrected chi connectivity index (χ2v) is 9.24. The molecule has 0 spiro atoms. The zero-order valence-electron chi connectivity index (χ0n) is 19.7. The van der Waals surface area contributed by atoms with Crippen LogP contribution in [0.25, 0.3) is 0 Å². The Kier molecular flexibility index (Phi) is 12.0. The number of nitrogens with zero attached hydrogens (tertiary/aromatic N) is 3. The molecule has 2 N–H and O–H groups in total. The summed E-state index contributed by atoms with van der Waals surface area (Å²) in [4.78, 5) is 10.7. The lowest BCUT2D eigenvalue weighted by Gasteiger charge is -2.34. The third kappa shape index (κ3) is 7.98. The van der Waals surface area contributed by atoms with Crippen LogP contribution in [0.4, 0.5) is 0 Å². The number of hydrogen-bond acceptors (Lipinski definition) is 5. The van der Waals surface area contributed by atoms with Gasteiger partial charge in [-0.05, 0) is 43.5 Å². The highest BCUT2D eigenvalue weighted by Gasteiger charge is 2.23. The number of thiophene rings is 1. The van der Waals surface area contributed by atoms with Crippen molar-refractivity contribution in [2.24, 2.45) is 4.99 Å². The highest BCUT2D eigenvalue weighted by molar-refractivity contribution is 14.0. The van der Waals surface area contributed by atoms with Crippen LogP contribution in [0.5, 0.6) is 0 Å². The van der Waals surface area contributed by atoms with E-state index in [-0.39, 0.29) is 24.0 Å². The summed E-state index contributed by atoms with van der Waals surface area (Å²) in [5, 5.41) is 9.22. The fraction of sp³-hybridized carbons (Fsp3) is 0.542. The van der Waals surface area contributed by atoms with E-state index in [0.717, 1.165) is 51.9 Å². The Labute approximate surface area is 214 Å². The number of aliphatic imine (C=N–C) groups is 1. The summed E-state index contributed by atoms with van der Waals surface area (Å²) in [6.07, 6.45) is 0. The van der Waals surface area contributed by atoms with E-state index in [1.54, 1.807) is 0 Å². The molecule has 0 aliphatic carbocycles. The van der Waals surface area contributed by atoms with Gasteiger partial charge in [0.1, 0.15) is 0 Å². The Hall–Kier alpha value is -1.20. The number of halogens is 1. The van der Waals surface area contributed by atoms with Gasteiger partial charge in [-0.25, -0.2) is 0 Å². The van der Waals surface area contributed by atoms with Crippen LogP contribution >= 0.6 is 35.3 Å². The standard InChI is InChI=1S/C24H37N5OS.HI/c1-19(2)28(4)18-21-9-6-5-8-20(21)16-26-24(25-3)27-17-22(23-10-7-15-31-23)29-11-13-30-14-12-29;/h5-10,15,19,22H,11-14,16-18H2,1-4H3,(H2,25,26,27);1H. The van der Waals surface area contributed by atoms with Crippen molar-refractivity contribution in [2.45, 2.75) is 39.0 Å². The Balaban J connectivity index is 0.00000363. The molecule has 1 aliphatic rings. The zero-order chi connectivity index (χ0) is 22.1. The molecular formula is C24H38IN5OS. The smallest absolute Gasteiger partial charge is 0.191 e. The van der Waals surface area contributed by atoms with Crippen LogP contribution < -0.4 is 10.6 Å². The molecule has 2 heterocycles. The predicted molar refractivity (Wildman–Crippen MR) is 146 cm³/mol. The number of rotatable bonds is 9. The molecule has 0 radical (unpaired) electrons. The molecule has 1 unspecified atom stereocenters. The molecule has 0 amide bonds. The van der Waals surface area contributed by atoms with Gasteiger partial charge < -0.3 is 15.4 Å². The molecule has 1 aromatic carbocycles. The molecule has 1 aromatic heterocycles. The third-order valence-corrected chi connectivity index (χ3v) is 6.88. The number of benzene rings is 1. The van der Waals surface area contributed by atoms with Gasteiger partial charge in [-0.2, -0.15) is 0 Å². The molecule has 3 rings (SSSR count). The summed E-state index contributed by atoms with van der Waals surface area (Å²) in [5.74, 6) is 0.835. The van der Waals surface area contributed by atoms with E-state index in [2.05, 4.69) is 88.1 Å². The van der Waals surface area contributed by atoms with Crippen LogP contribution in [0.15, 0.2) is 46.8 Å². The number of guanidine groups is 1. The number of morpholine rings is 1. The second-order valence-electron chi connectivity index (χ2n) is 8.26. The van der Waals surface area contributed by atoms with Crippen LogP contribution in [0.3, 0.4) is 0 Å². The maximum absolute atomic E-state index is 5.56. The first-order valence-corrected chi connectivity index (χ1v) is 12.0. The van der Waals surface area contributed by atoms with Crippen molar-refractivity contribution in [3.8, 4) is 0 Å². The minimum Gasteiger partial charge on any atom is -0.379 e. The number of hydrogen-bond donors (Lipinski definition) is 2. The molecule has 0 bridgehead atoms. The van der Waals surface area contributed by atoms with E-state index in [4.69, 9.17) is 4.74 Å². The van der Waals surface area contributed by atoms with Gasteiger partial charge in [0.05, 0.1) is 19.3 Å². The van der Waals surface area contributed by atoms with Gasteiger partial charge in [0.2, 0.25) is 0 Å². The van der Waals surface area contributed by atoms with E-state index in [0.29, 0.717) is 12.1 Å². The van der Waals surface area contributed by atoms with E-state index >= 15 is 0 Å². The SMILES string of the molecule is CN=C(NCc1ccccc1CN(C)C(C)C)NCC(c1cccs1)N1CCOCC1.I. The first kappa shape index (κ1) is 27.0. The van der Waals surface area contributed by atoms with Crippen molar-refractivity contribution in [2.75, 3.05) is 46.9 Å². The van der Waals surface area contributed by atoms with Crippen LogP contribution in [0.2, 0.25) is 0 Å². The largest absolute Gasteiger partial charge is 0.379 e. The minimum absolute atomic E-state index is 0. The molecule has 32 heavy (non-hydrogen) atoms. The summed E-state index contributed by atoms with van der Waals surface area (Å²) in [6.45, 7) is 10.5. The minimum atomic E-state index is 0. The average molecular weight is 572 g/mol. The fourth-order valence-electron chi connectivity index (χ4n) is 3.71. The molecule has 1 fully saturated rings. The molecule has 1 aliphatic heterocycles. The maximum atomic E-state index is 5.56. The van der Waals surface area contributed by atoms with Crippen molar-refractivity contribution >= 4 is 41.3 Å². The summed E-state index contributed by atoms with van der Waals surface area (Å²) in [6, 6.07) is 13.9. The van der Waals surface area contributed by atoms with Gasteiger partial charge >= 0.3 is 0 Å². The van der Waals surface area contributed by atoms with Crippen molar-refractivity contribution in [3.63, 3.8) is 0 Å². The monoisotopic (exact) mass is 571 g/mol. The van der Waals surface area contributed by atoms with Gasteiger partial charge in [-0.1, -0.05) is 30.3 Å². The molecule has 1 atom stereocenters. The van der Waals surface area contributed by atoms with Gasteiger partial charge in [0.15, 0.2) is 5.96 Å². The Bertz CT molecular complexity index is 808. The molecule has 6 nitrogen and oxygen atoms in total. The molecule has 1 saturated heterocycles. The molecule has 8 heteroatoms. The van der Waals surface area contributed by atoms with Crippen LogP contribution in [0.1, 0.15) is 35.9 Å². The zero-order valence-corrected chi connectivity index (χ0v) is 22.9. The summed E-state index contributed by atoms with van der Waals surface area (Å²) in [7, 11) is 4.01. The maximum Gasteiger partial charge on any atom is 0.191 e. The highest BCUT2D eigenvalue weighted by atomic mass is 127. The first-order valence-electron chi connectivity index (χ1n) is 11.1. The van der Waals surface area contributed by atoms with Gasteiger partial charge in [0.25, 0.3) is 0 Å². The molecule has 178 valence electrons. The van der Waals surface area contributed by atoms with E-state index in [1.165, 1.54) is 16.0 Å². The number of ether oxygens (including phenoxy) is 1. The van der Waals surface area contributed by atoms with Gasteiger partial charge in [0, 0.05) is 50.7 Å².